The van der Waals surface area contributed by atoms with Crippen molar-refractivity contribution >= 4 is 22.5 Å². The average molecular weight is 458 g/mol. The molecule has 2 aromatic carbocycles. The topological polar surface area (TPSA) is 74.4 Å². The minimum atomic E-state index is -4.32. The summed E-state index contributed by atoms with van der Waals surface area (Å²) >= 11 is 0. The Morgan fingerprint density at radius 1 is 1.09 bits per heavy atom. The highest BCUT2D eigenvalue weighted by atomic mass is 19.4. The van der Waals surface area contributed by atoms with Crippen molar-refractivity contribution in [2.45, 2.75) is 43.9 Å². The normalized spacial score (nSPS) is 24.7. The molecule has 0 spiro atoms. The Hall–Kier alpha value is -3.00. The standard InChI is InChI=1S/C25H25F3N2O3/c26-25(27,28)18-3-1-15(2-4-18)16-9-20(10-16)33-19-5-6-22-21(11-19)23(12-29-22)30-24(32)17-7-14(8-17)13-31/h1-6,11-12,14,16-17,20,29,31H,7-10,13H2,(H,30,32)/t14?,16-,17?,20+. The zero-order chi connectivity index (χ0) is 23.2. The molecule has 1 aromatic heterocycles. The lowest BCUT2D eigenvalue weighted by Gasteiger charge is -2.36. The van der Waals surface area contributed by atoms with Crippen molar-refractivity contribution in [1.29, 1.82) is 0 Å². The Kier molecular flexibility index (Phi) is 5.56. The summed E-state index contributed by atoms with van der Waals surface area (Å²) in [5.74, 6) is 0.998. The van der Waals surface area contributed by atoms with Crippen molar-refractivity contribution in [1.82, 2.24) is 4.98 Å². The molecule has 8 heteroatoms. The summed E-state index contributed by atoms with van der Waals surface area (Å²) in [6, 6.07) is 11.0. The molecule has 3 aromatic rings. The maximum Gasteiger partial charge on any atom is 0.416 e. The summed E-state index contributed by atoms with van der Waals surface area (Å²) < 4.78 is 44.3. The number of hydrogen-bond acceptors (Lipinski definition) is 3. The summed E-state index contributed by atoms with van der Waals surface area (Å²) in [6.07, 6.45) is 0.345. The van der Waals surface area contributed by atoms with Gasteiger partial charge in [-0.15, -0.1) is 0 Å². The number of hydrogen-bond donors (Lipinski definition) is 3. The fourth-order valence-corrected chi connectivity index (χ4v) is 4.68. The number of H-pyrrole nitrogens is 1. The third-order valence-corrected chi connectivity index (χ3v) is 6.88. The molecular weight excluding hydrogens is 433 g/mol. The first kappa shape index (κ1) is 21.8. The van der Waals surface area contributed by atoms with Crippen LogP contribution in [0.4, 0.5) is 18.9 Å². The molecule has 3 N–H and O–H groups in total. The van der Waals surface area contributed by atoms with Crippen LogP contribution in [-0.2, 0) is 11.0 Å². The highest BCUT2D eigenvalue weighted by Gasteiger charge is 2.35. The van der Waals surface area contributed by atoms with Crippen LogP contribution in [0.3, 0.4) is 0 Å². The Morgan fingerprint density at radius 3 is 2.48 bits per heavy atom. The van der Waals surface area contributed by atoms with E-state index in [1.165, 1.54) is 0 Å². The molecule has 33 heavy (non-hydrogen) atoms. The number of carbonyl (C=O) groups is 1. The number of aromatic nitrogens is 1. The molecule has 1 amide bonds. The molecule has 0 unspecified atom stereocenters. The molecule has 0 atom stereocenters. The molecule has 2 saturated carbocycles. The number of benzene rings is 2. The van der Waals surface area contributed by atoms with Crippen LogP contribution in [0.15, 0.2) is 48.7 Å². The molecule has 2 aliphatic carbocycles. The Balaban J connectivity index is 1.19. The van der Waals surface area contributed by atoms with Crippen LogP contribution in [0, 0.1) is 11.8 Å². The maximum atomic E-state index is 12.7. The van der Waals surface area contributed by atoms with Crippen molar-refractivity contribution < 1.29 is 27.8 Å². The van der Waals surface area contributed by atoms with Crippen LogP contribution in [0.25, 0.3) is 10.9 Å². The SMILES string of the molecule is O=C(Nc1c[nH]c2ccc(O[C@H]3C[C@@H](c4ccc(C(F)(F)F)cc4)C3)cc12)C1CC(CO)C1. The van der Waals surface area contributed by atoms with Gasteiger partial charge in [0.05, 0.1) is 17.4 Å². The number of alkyl halides is 3. The van der Waals surface area contributed by atoms with E-state index in [1.807, 2.05) is 18.2 Å². The monoisotopic (exact) mass is 458 g/mol. The summed E-state index contributed by atoms with van der Waals surface area (Å²) in [6.45, 7) is 0.123. The van der Waals surface area contributed by atoms with E-state index in [4.69, 9.17) is 9.84 Å². The number of aliphatic hydroxyl groups is 1. The summed E-state index contributed by atoms with van der Waals surface area (Å²) in [7, 11) is 0. The van der Waals surface area contributed by atoms with Gasteiger partial charge in [0.2, 0.25) is 5.91 Å². The molecule has 1 heterocycles. The summed E-state index contributed by atoms with van der Waals surface area (Å²) in [5, 5.41) is 13.0. The Labute approximate surface area is 188 Å². The van der Waals surface area contributed by atoms with Crippen molar-refractivity contribution in [2.75, 3.05) is 11.9 Å². The largest absolute Gasteiger partial charge is 0.490 e. The molecule has 174 valence electrons. The number of amides is 1. The zero-order valence-corrected chi connectivity index (χ0v) is 17.9. The van der Waals surface area contributed by atoms with E-state index in [0.717, 1.165) is 41.4 Å². The fourth-order valence-electron chi connectivity index (χ4n) is 4.68. The number of halogens is 3. The van der Waals surface area contributed by atoms with E-state index >= 15 is 0 Å². The first-order chi connectivity index (χ1) is 15.8. The number of aliphatic hydroxyl groups excluding tert-OH is 1. The first-order valence-corrected chi connectivity index (χ1v) is 11.2. The van der Waals surface area contributed by atoms with E-state index in [9.17, 15) is 18.0 Å². The maximum absolute atomic E-state index is 12.7. The lowest BCUT2D eigenvalue weighted by molar-refractivity contribution is -0.137. The summed E-state index contributed by atoms with van der Waals surface area (Å²) in [5.41, 5.74) is 1.85. The Bertz CT molecular complexity index is 1140. The molecule has 0 saturated heterocycles. The third kappa shape index (κ3) is 4.44. The lowest BCUT2D eigenvalue weighted by atomic mass is 9.75. The second kappa shape index (κ2) is 8.41. The van der Waals surface area contributed by atoms with E-state index in [0.29, 0.717) is 24.3 Å². The predicted octanol–water partition coefficient (Wildman–Crippen LogP) is 5.47. The van der Waals surface area contributed by atoms with Crippen molar-refractivity contribution in [3.63, 3.8) is 0 Å². The van der Waals surface area contributed by atoms with Gasteiger partial charge in [-0.3, -0.25) is 4.79 Å². The molecule has 5 nitrogen and oxygen atoms in total. The van der Waals surface area contributed by atoms with Crippen molar-refractivity contribution in [2.24, 2.45) is 11.8 Å². The second-order valence-corrected chi connectivity index (χ2v) is 9.14. The van der Waals surface area contributed by atoms with Gasteiger partial charge in [-0.2, -0.15) is 13.2 Å². The average Bonchev–Trinajstić information content (AvgIpc) is 3.11. The van der Waals surface area contributed by atoms with Gasteiger partial charge in [0.1, 0.15) is 5.75 Å². The number of anilines is 1. The second-order valence-electron chi connectivity index (χ2n) is 9.14. The molecule has 0 aliphatic heterocycles. The lowest BCUT2D eigenvalue weighted by Crippen LogP contribution is -2.35. The number of aromatic amines is 1. The molecular formula is C25H25F3N2O3. The van der Waals surface area contributed by atoms with Gasteiger partial charge in [-0.25, -0.2) is 0 Å². The third-order valence-electron chi connectivity index (χ3n) is 6.88. The number of nitrogens with one attached hydrogen (secondary N) is 2. The van der Waals surface area contributed by atoms with E-state index < -0.39 is 11.7 Å². The smallest absolute Gasteiger partial charge is 0.416 e. The fraction of sp³-hybridized carbons (Fsp3) is 0.400. The minimum Gasteiger partial charge on any atom is -0.490 e. The first-order valence-electron chi connectivity index (χ1n) is 11.2. The number of rotatable bonds is 6. The van der Waals surface area contributed by atoms with Crippen LogP contribution in [-0.4, -0.2) is 28.7 Å². The molecule has 5 rings (SSSR count). The van der Waals surface area contributed by atoms with Crippen LogP contribution in [0.1, 0.15) is 42.7 Å². The Morgan fingerprint density at radius 2 is 1.82 bits per heavy atom. The number of fused-ring (bicyclic) bond motifs is 1. The predicted molar refractivity (Wildman–Crippen MR) is 118 cm³/mol. The van der Waals surface area contributed by atoms with Gasteiger partial charge in [-0.1, -0.05) is 12.1 Å². The van der Waals surface area contributed by atoms with E-state index in [2.05, 4.69) is 10.3 Å². The van der Waals surface area contributed by atoms with Crippen LogP contribution < -0.4 is 10.1 Å². The highest BCUT2D eigenvalue weighted by Crippen LogP contribution is 2.41. The van der Waals surface area contributed by atoms with E-state index in [-0.39, 0.29) is 36.4 Å². The number of carbonyl (C=O) groups excluding carboxylic acids is 1. The molecule has 0 bridgehead atoms. The molecule has 2 aliphatic rings. The van der Waals surface area contributed by atoms with Gasteiger partial charge in [0.15, 0.2) is 0 Å². The van der Waals surface area contributed by atoms with Gasteiger partial charge >= 0.3 is 6.18 Å². The van der Waals surface area contributed by atoms with Crippen LogP contribution in [0.5, 0.6) is 5.75 Å². The summed E-state index contributed by atoms with van der Waals surface area (Å²) in [4.78, 5) is 15.6. The van der Waals surface area contributed by atoms with E-state index in [1.54, 1.807) is 18.3 Å². The molecule has 0 radical (unpaired) electrons. The number of ether oxygens (including phenoxy) is 1. The minimum absolute atomic E-state index is 0.00267. The zero-order valence-electron chi connectivity index (χ0n) is 17.9. The van der Waals surface area contributed by atoms with Crippen molar-refractivity contribution in [3.05, 3.63) is 59.8 Å². The van der Waals surface area contributed by atoms with Crippen molar-refractivity contribution in [3.8, 4) is 5.75 Å². The quantitative estimate of drug-likeness (QED) is 0.459. The molecule has 2 fully saturated rings. The van der Waals surface area contributed by atoms with Crippen LogP contribution in [0.2, 0.25) is 0 Å². The van der Waals surface area contributed by atoms with Gasteiger partial charge < -0.3 is 20.1 Å². The van der Waals surface area contributed by atoms with Crippen LogP contribution >= 0.6 is 0 Å². The van der Waals surface area contributed by atoms with Gasteiger partial charge in [-0.05, 0) is 73.4 Å². The highest BCUT2D eigenvalue weighted by molar-refractivity contribution is 6.03. The van der Waals surface area contributed by atoms with Gasteiger partial charge in [0, 0.05) is 29.6 Å². The van der Waals surface area contributed by atoms with Gasteiger partial charge in [0.25, 0.3) is 0 Å².